The maximum absolute atomic E-state index is 5.60. The van der Waals surface area contributed by atoms with Crippen LogP contribution in [0.3, 0.4) is 0 Å². The molecule has 1 aliphatic rings. The molecule has 0 aromatic heterocycles. The maximum Gasteiger partial charge on any atom is 0.231 e. The number of rotatable bonds is 6. The highest BCUT2D eigenvalue weighted by molar-refractivity contribution is 9.11. The van der Waals surface area contributed by atoms with Crippen LogP contribution in [-0.4, -0.2) is 13.4 Å². The molecule has 1 aliphatic heterocycles. The van der Waals surface area contributed by atoms with Gasteiger partial charge in [-0.15, -0.1) is 12.4 Å². The van der Waals surface area contributed by atoms with Gasteiger partial charge in [0.05, 0.1) is 15.6 Å². The van der Waals surface area contributed by atoms with E-state index in [1.807, 2.05) is 25.1 Å². The molecule has 2 aromatic carbocycles. The van der Waals surface area contributed by atoms with E-state index in [4.69, 9.17) is 14.2 Å². The lowest BCUT2D eigenvalue weighted by molar-refractivity contribution is 0.174. The van der Waals surface area contributed by atoms with Crippen molar-refractivity contribution in [1.29, 1.82) is 0 Å². The fourth-order valence-corrected chi connectivity index (χ4v) is 3.91. The zero-order valence-corrected chi connectivity index (χ0v) is 17.1. The first-order valence-corrected chi connectivity index (χ1v) is 8.96. The van der Waals surface area contributed by atoms with Crippen LogP contribution in [0.15, 0.2) is 39.3 Å². The van der Waals surface area contributed by atoms with Gasteiger partial charge in [0.25, 0.3) is 0 Å². The van der Waals surface area contributed by atoms with Gasteiger partial charge in [-0.1, -0.05) is 6.07 Å². The molecule has 24 heavy (non-hydrogen) atoms. The first kappa shape index (κ1) is 19.4. The van der Waals surface area contributed by atoms with Crippen LogP contribution in [0.1, 0.15) is 18.1 Å². The topological polar surface area (TPSA) is 39.7 Å². The van der Waals surface area contributed by atoms with Gasteiger partial charge in [-0.2, -0.15) is 0 Å². The third-order valence-corrected chi connectivity index (χ3v) is 4.62. The van der Waals surface area contributed by atoms with E-state index < -0.39 is 0 Å². The van der Waals surface area contributed by atoms with Crippen molar-refractivity contribution in [3.8, 4) is 17.2 Å². The van der Waals surface area contributed by atoms with E-state index in [2.05, 4.69) is 49.3 Å². The molecule has 0 saturated carbocycles. The fourth-order valence-electron chi connectivity index (χ4n) is 2.40. The molecular formula is C17H18Br2ClNO3. The second-order valence-electron chi connectivity index (χ2n) is 5.11. The summed E-state index contributed by atoms with van der Waals surface area (Å²) < 4.78 is 18.2. The van der Waals surface area contributed by atoms with Gasteiger partial charge in [0.2, 0.25) is 6.79 Å². The highest BCUT2D eigenvalue weighted by Crippen LogP contribution is 2.35. The summed E-state index contributed by atoms with van der Waals surface area (Å²) in [6.45, 7) is 4.44. The van der Waals surface area contributed by atoms with Gasteiger partial charge in [0.15, 0.2) is 11.5 Å². The van der Waals surface area contributed by atoms with E-state index in [9.17, 15) is 0 Å². The van der Waals surface area contributed by atoms with Crippen LogP contribution < -0.4 is 19.5 Å². The average molecular weight is 480 g/mol. The molecule has 1 heterocycles. The summed E-state index contributed by atoms with van der Waals surface area (Å²) in [5, 5.41) is 3.44. The summed E-state index contributed by atoms with van der Waals surface area (Å²) in [5.41, 5.74) is 2.34. The van der Waals surface area contributed by atoms with Gasteiger partial charge in [0.1, 0.15) is 5.75 Å². The molecule has 0 radical (unpaired) electrons. The molecule has 2 aromatic rings. The van der Waals surface area contributed by atoms with Crippen molar-refractivity contribution in [2.45, 2.75) is 20.0 Å². The first-order chi connectivity index (χ1) is 11.2. The normalized spacial score (nSPS) is 12.0. The highest BCUT2D eigenvalue weighted by Gasteiger charge is 2.13. The Hall–Kier alpha value is -0.950. The Labute approximate surface area is 164 Å². The molecule has 130 valence electrons. The van der Waals surface area contributed by atoms with Crippen LogP contribution in [0, 0.1) is 0 Å². The monoisotopic (exact) mass is 477 g/mol. The minimum atomic E-state index is 0. The van der Waals surface area contributed by atoms with Crippen LogP contribution >= 0.6 is 44.3 Å². The van der Waals surface area contributed by atoms with Gasteiger partial charge < -0.3 is 19.5 Å². The van der Waals surface area contributed by atoms with Crippen LogP contribution in [0.25, 0.3) is 0 Å². The van der Waals surface area contributed by atoms with Gasteiger partial charge in [-0.05, 0) is 74.2 Å². The molecule has 0 amide bonds. The van der Waals surface area contributed by atoms with Gasteiger partial charge in [-0.3, -0.25) is 0 Å². The zero-order chi connectivity index (χ0) is 16.2. The number of benzene rings is 2. The smallest absolute Gasteiger partial charge is 0.231 e. The van der Waals surface area contributed by atoms with Crippen LogP contribution in [0.5, 0.6) is 17.2 Å². The van der Waals surface area contributed by atoms with Crippen LogP contribution in [0.2, 0.25) is 0 Å². The second kappa shape index (κ2) is 8.94. The number of fused-ring (bicyclic) bond motifs is 1. The highest BCUT2D eigenvalue weighted by atomic mass is 79.9. The Morgan fingerprint density at radius 3 is 2.38 bits per heavy atom. The number of nitrogens with one attached hydrogen (secondary N) is 1. The van der Waals surface area contributed by atoms with E-state index in [0.29, 0.717) is 13.4 Å². The Kier molecular flexibility index (Phi) is 7.22. The van der Waals surface area contributed by atoms with Crippen molar-refractivity contribution in [2.75, 3.05) is 13.4 Å². The molecule has 0 aliphatic carbocycles. The van der Waals surface area contributed by atoms with Crippen LogP contribution in [-0.2, 0) is 13.1 Å². The van der Waals surface area contributed by atoms with Crippen molar-refractivity contribution in [1.82, 2.24) is 5.32 Å². The number of hydrogen-bond acceptors (Lipinski definition) is 4. The van der Waals surface area contributed by atoms with Gasteiger partial charge >= 0.3 is 0 Å². The van der Waals surface area contributed by atoms with E-state index in [1.54, 1.807) is 0 Å². The lowest BCUT2D eigenvalue weighted by Crippen LogP contribution is -2.12. The Bertz CT molecular complexity index is 689. The molecule has 3 rings (SSSR count). The number of hydrogen-bond donors (Lipinski definition) is 1. The summed E-state index contributed by atoms with van der Waals surface area (Å²) in [5.74, 6) is 2.47. The predicted octanol–water partition coefficient (Wildman–Crippen LogP) is 5.05. The fraction of sp³-hybridized carbons (Fsp3) is 0.294. The van der Waals surface area contributed by atoms with Crippen molar-refractivity contribution >= 4 is 44.3 Å². The van der Waals surface area contributed by atoms with E-state index in [-0.39, 0.29) is 12.4 Å². The van der Waals surface area contributed by atoms with E-state index in [0.717, 1.165) is 39.3 Å². The van der Waals surface area contributed by atoms with Gasteiger partial charge in [0, 0.05) is 13.1 Å². The molecule has 0 fully saturated rings. The molecule has 4 nitrogen and oxygen atoms in total. The summed E-state index contributed by atoms with van der Waals surface area (Å²) in [6, 6.07) is 10.2. The lowest BCUT2D eigenvalue weighted by atomic mass is 10.2. The molecule has 1 N–H and O–H groups in total. The lowest BCUT2D eigenvalue weighted by Gasteiger charge is -2.12. The Balaban J connectivity index is 0.00000208. The molecule has 0 spiro atoms. The van der Waals surface area contributed by atoms with Crippen molar-refractivity contribution in [2.24, 2.45) is 0 Å². The molecule has 0 saturated heterocycles. The second-order valence-corrected chi connectivity index (χ2v) is 6.82. The third-order valence-electron chi connectivity index (χ3n) is 3.44. The zero-order valence-electron chi connectivity index (χ0n) is 13.1. The predicted molar refractivity (Wildman–Crippen MR) is 103 cm³/mol. The SMILES string of the molecule is CCOc1c(Br)cc(CNCc2ccc3c(c2)OCO3)cc1Br.Cl. The summed E-state index contributed by atoms with van der Waals surface area (Å²) in [4.78, 5) is 0. The van der Waals surface area contributed by atoms with E-state index in [1.165, 1.54) is 11.1 Å². The first-order valence-electron chi connectivity index (χ1n) is 7.37. The van der Waals surface area contributed by atoms with E-state index >= 15 is 0 Å². The van der Waals surface area contributed by atoms with Gasteiger partial charge in [-0.25, -0.2) is 0 Å². The largest absolute Gasteiger partial charge is 0.492 e. The third kappa shape index (κ3) is 4.57. The molecule has 0 atom stereocenters. The van der Waals surface area contributed by atoms with Crippen LogP contribution in [0.4, 0.5) is 0 Å². The molecule has 7 heteroatoms. The van der Waals surface area contributed by atoms with Crippen molar-refractivity contribution < 1.29 is 14.2 Å². The molecule has 0 unspecified atom stereocenters. The minimum Gasteiger partial charge on any atom is -0.492 e. The number of ether oxygens (including phenoxy) is 3. The van der Waals surface area contributed by atoms with Crippen molar-refractivity contribution in [3.63, 3.8) is 0 Å². The number of halogens is 3. The quantitative estimate of drug-likeness (QED) is 0.630. The summed E-state index contributed by atoms with van der Waals surface area (Å²) >= 11 is 7.11. The summed E-state index contributed by atoms with van der Waals surface area (Å²) in [7, 11) is 0. The standard InChI is InChI=1S/C17H17Br2NO3.ClH/c1-2-21-17-13(18)5-12(6-14(17)19)9-20-8-11-3-4-15-16(7-11)23-10-22-15;/h3-7,20H,2,8-10H2,1H3;1H. The molecular weight excluding hydrogens is 461 g/mol. The Morgan fingerprint density at radius 2 is 1.67 bits per heavy atom. The molecule has 0 bridgehead atoms. The average Bonchev–Trinajstić information content (AvgIpc) is 2.98. The summed E-state index contributed by atoms with van der Waals surface area (Å²) in [6.07, 6.45) is 0. The maximum atomic E-state index is 5.60. The Morgan fingerprint density at radius 1 is 1.00 bits per heavy atom. The minimum absolute atomic E-state index is 0. The van der Waals surface area contributed by atoms with Crippen molar-refractivity contribution in [3.05, 3.63) is 50.4 Å².